The highest BCUT2D eigenvalue weighted by Crippen LogP contribution is 2.37. The molecule has 2 aromatic rings. The number of nitrogens with zero attached hydrogens (tertiary/aromatic N) is 1. The van der Waals surface area contributed by atoms with Crippen molar-refractivity contribution in [2.45, 2.75) is 24.8 Å². The summed E-state index contributed by atoms with van der Waals surface area (Å²) in [6.45, 7) is -0.355. The van der Waals surface area contributed by atoms with E-state index in [2.05, 4.69) is 21.2 Å². The number of rotatable bonds is 7. The number of carboxylic acids is 2. The van der Waals surface area contributed by atoms with Gasteiger partial charge in [0.1, 0.15) is 5.54 Å². The van der Waals surface area contributed by atoms with Crippen LogP contribution in [0.5, 0.6) is 5.75 Å². The molecule has 1 saturated heterocycles. The molecule has 0 saturated carbocycles. The van der Waals surface area contributed by atoms with E-state index < -0.39 is 30.1 Å². The zero-order valence-electron chi connectivity index (χ0n) is 16.6. The number of ether oxygens (including phenoxy) is 1. The number of hydrogen-bond donors (Lipinski definition) is 3. The van der Waals surface area contributed by atoms with E-state index in [-0.39, 0.29) is 34.4 Å². The van der Waals surface area contributed by atoms with E-state index in [0.29, 0.717) is 12.8 Å². The van der Waals surface area contributed by atoms with E-state index in [0.717, 1.165) is 10.0 Å². The lowest BCUT2D eigenvalue weighted by Gasteiger charge is -2.35. The van der Waals surface area contributed by atoms with Crippen molar-refractivity contribution in [3.8, 4) is 5.75 Å². The minimum Gasteiger partial charge on any atom is -0.479 e. The van der Waals surface area contributed by atoms with Gasteiger partial charge >= 0.3 is 18.0 Å². The summed E-state index contributed by atoms with van der Waals surface area (Å²) in [5.74, 6) is -2.30. The number of carbonyl (C=O) groups is 3. The van der Waals surface area contributed by atoms with Gasteiger partial charge in [-0.15, -0.1) is 0 Å². The monoisotopic (exact) mass is 544 g/mol. The lowest BCUT2D eigenvalue weighted by molar-refractivity contribution is -0.148. The van der Waals surface area contributed by atoms with Crippen LogP contribution in [0, 0.1) is 0 Å². The van der Waals surface area contributed by atoms with Crippen molar-refractivity contribution in [3.05, 3.63) is 56.5 Å². The Hall–Kier alpha value is -2.49. The smallest absolute Gasteiger partial charge is 0.341 e. The number of hydrogen-bond acceptors (Lipinski definition) is 4. The van der Waals surface area contributed by atoms with Gasteiger partial charge in [-0.2, -0.15) is 0 Å². The number of amides is 2. The van der Waals surface area contributed by atoms with Gasteiger partial charge in [0.25, 0.3) is 0 Å². The first-order chi connectivity index (χ1) is 15.1. The molecule has 32 heavy (non-hydrogen) atoms. The molecule has 1 atom stereocenters. The van der Waals surface area contributed by atoms with Gasteiger partial charge in [-0.25, -0.2) is 14.4 Å². The molecule has 0 aromatic heterocycles. The number of anilines is 1. The minimum absolute atomic E-state index is 0.00910. The summed E-state index contributed by atoms with van der Waals surface area (Å²) in [6, 6.07) is 9.39. The van der Waals surface area contributed by atoms with Crippen LogP contribution >= 0.6 is 39.1 Å². The van der Waals surface area contributed by atoms with Crippen LogP contribution in [0.2, 0.25) is 10.0 Å². The molecule has 1 heterocycles. The predicted octanol–water partition coefficient (Wildman–Crippen LogP) is 4.91. The summed E-state index contributed by atoms with van der Waals surface area (Å²) < 4.78 is 5.93. The standard InChI is InChI=1S/C21H19BrCl2N2O6/c22-13-4-2-12(3-5-13)10-21(19(29)30)6-1-7-26(21)20(31)25-14-8-15(23)18(16(24)9-14)32-11-17(27)28/h2-5,8-9H,1,6-7,10-11H2,(H,25,31)(H,27,28)(H,29,30). The van der Waals surface area contributed by atoms with Crippen molar-refractivity contribution in [3.63, 3.8) is 0 Å². The van der Waals surface area contributed by atoms with E-state index in [1.807, 2.05) is 24.3 Å². The van der Waals surface area contributed by atoms with Crippen molar-refractivity contribution in [2.24, 2.45) is 0 Å². The molecule has 0 spiro atoms. The second kappa shape index (κ2) is 9.97. The summed E-state index contributed by atoms with van der Waals surface area (Å²) in [5.41, 5.74) is -0.375. The van der Waals surface area contributed by atoms with E-state index in [9.17, 15) is 19.5 Å². The van der Waals surface area contributed by atoms with E-state index in [1.165, 1.54) is 17.0 Å². The number of likely N-dealkylation sites (tertiary alicyclic amines) is 1. The highest BCUT2D eigenvalue weighted by molar-refractivity contribution is 9.10. The van der Waals surface area contributed by atoms with Crippen LogP contribution in [-0.4, -0.2) is 51.8 Å². The zero-order valence-corrected chi connectivity index (χ0v) is 19.7. The van der Waals surface area contributed by atoms with Crippen LogP contribution in [0.25, 0.3) is 0 Å². The van der Waals surface area contributed by atoms with Gasteiger partial charge in [-0.05, 0) is 42.7 Å². The average Bonchev–Trinajstić information content (AvgIpc) is 3.14. The summed E-state index contributed by atoms with van der Waals surface area (Å²) in [5, 5.41) is 21.5. The lowest BCUT2D eigenvalue weighted by Crippen LogP contribution is -2.55. The number of carbonyl (C=O) groups excluding carboxylic acids is 1. The molecular weight excluding hydrogens is 527 g/mol. The largest absolute Gasteiger partial charge is 0.479 e. The first-order valence-electron chi connectivity index (χ1n) is 9.52. The van der Waals surface area contributed by atoms with Crippen molar-refractivity contribution in [1.82, 2.24) is 4.90 Å². The second-order valence-electron chi connectivity index (χ2n) is 7.28. The van der Waals surface area contributed by atoms with Crippen molar-refractivity contribution < 1.29 is 29.3 Å². The number of halogens is 3. The molecule has 0 bridgehead atoms. The van der Waals surface area contributed by atoms with Gasteiger partial charge < -0.3 is 25.2 Å². The summed E-state index contributed by atoms with van der Waals surface area (Å²) in [4.78, 5) is 37.4. The van der Waals surface area contributed by atoms with E-state index >= 15 is 0 Å². The molecule has 1 fully saturated rings. The Morgan fingerprint density at radius 1 is 1.12 bits per heavy atom. The quantitative estimate of drug-likeness (QED) is 0.455. The van der Waals surface area contributed by atoms with Gasteiger partial charge in [-0.3, -0.25) is 0 Å². The lowest BCUT2D eigenvalue weighted by atomic mass is 9.88. The fourth-order valence-corrected chi connectivity index (χ4v) is 4.55. The van der Waals surface area contributed by atoms with Gasteiger partial charge in [0.05, 0.1) is 10.0 Å². The third kappa shape index (κ3) is 5.28. The Balaban J connectivity index is 1.81. The molecule has 2 amide bonds. The summed E-state index contributed by atoms with van der Waals surface area (Å²) >= 11 is 15.6. The summed E-state index contributed by atoms with van der Waals surface area (Å²) in [6.07, 6.45) is 1.02. The third-order valence-corrected chi connectivity index (χ3v) is 6.22. The molecule has 8 nitrogen and oxygen atoms in total. The van der Waals surface area contributed by atoms with Crippen LogP contribution < -0.4 is 10.1 Å². The molecule has 1 aliphatic rings. The fourth-order valence-electron chi connectivity index (χ4n) is 3.69. The first kappa shape index (κ1) is 24.2. The van der Waals surface area contributed by atoms with Crippen LogP contribution in [0.4, 0.5) is 10.5 Å². The number of aliphatic carboxylic acids is 2. The maximum atomic E-state index is 13.1. The molecule has 0 aliphatic carbocycles. The molecule has 170 valence electrons. The normalized spacial score (nSPS) is 17.8. The van der Waals surface area contributed by atoms with Gasteiger partial charge in [0, 0.05) is 23.1 Å². The Morgan fingerprint density at radius 2 is 1.75 bits per heavy atom. The van der Waals surface area contributed by atoms with Crippen LogP contribution in [0.15, 0.2) is 40.9 Å². The minimum atomic E-state index is -1.39. The zero-order chi connectivity index (χ0) is 23.5. The van der Waals surface area contributed by atoms with Crippen molar-refractivity contribution in [2.75, 3.05) is 18.5 Å². The summed E-state index contributed by atoms with van der Waals surface area (Å²) in [7, 11) is 0. The topological polar surface area (TPSA) is 116 Å². The first-order valence-corrected chi connectivity index (χ1v) is 11.1. The van der Waals surface area contributed by atoms with E-state index in [1.54, 1.807) is 0 Å². The Morgan fingerprint density at radius 3 is 2.31 bits per heavy atom. The number of carboxylic acid groups (broad SMARTS) is 2. The molecule has 3 rings (SSSR count). The molecule has 11 heteroatoms. The molecule has 2 aromatic carbocycles. The average molecular weight is 546 g/mol. The number of urea groups is 1. The van der Waals surface area contributed by atoms with Crippen molar-refractivity contribution >= 4 is 62.8 Å². The maximum Gasteiger partial charge on any atom is 0.341 e. The predicted molar refractivity (Wildman–Crippen MR) is 123 cm³/mol. The fraction of sp³-hybridized carbons (Fsp3) is 0.286. The van der Waals surface area contributed by atoms with Crippen LogP contribution in [0.1, 0.15) is 18.4 Å². The Kier molecular flexibility index (Phi) is 7.53. The molecular formula is C21H19BrCl2N2O6. The van der Waals surface area contributed by atoms with Crippen molar-refractivity contribution in [1.29, 1.82) is 0 Å². The van der Waals surface area contributed by atoms with Gasteiger partial charge in [0.15, 0.2) is 12.4 Å². The molecule has 1 aliphatic heterocycles. The Labute approximate surface area is 202 Å². The SMILES string of the molecule is O=C(O)COc1c(Cl)cc(NC(=O)N2CCCC2(Cc2ccc(Br)cc2)C(=O)O)cc1Cl. The van der Waals surface area contributed by atoms with Crippen LogP contribution in [-0.2, 0) is 16.0 Å². The number of nitrogens with one attached hydrogen (secondary N) is 1. The third-order valence-electron chi connectivity index (χ3n) is 5.13. The van der Waals surface area contributed by atoms with Gasteiger partial charge in [0.2, 0.25) is 0 Å². The highest BCUT2D eigenvalue weighted by Gasteiger charge is 2.50. The van der Waals surface area contributed by atoms with Gasteiger partial charge in [-0.1, -0.05) is 51.3 Å². The maximum absolute atomic E-state index is 13.1. The molecule has 0 radical (unpaired) electrons. The Bertz CT molecular complexity index is 1030. The molecule has 1 unspecified atom stereocenters. The number of benzene rings is 2. The van der Waals surface area contributed by atoms with E-state index in [4.69, 9.17) is 33.0 Å². The highest BCUT2D eigenvalue weighted by atomic mass is 79.9. The molecule has 3 N–H and O–H groups in total. The van der Waals surface area contributed by atoms with Crippen LogP contribution in [0.3, 0.4) is 0 Å². The second-order valence-corrected chi connectivity index (χ2v) is 9.01.